The molecule has 1 N–H and O–H groups in total. The van der Waals surface area contributed by atoms with Gasteiger partial charge in [-0.1, -0.05) is 30.3 Å². The van der Waals surface area contributed by atoms with Crippen LogP contribution in [0.15, 0.2) is 35.3 Å². The number of aromatic nitrogens is 1. The molecule has 1 heterocycles. The van der Waals surface area contributed by atoms with Gasteiger partial charge in [-0.2, -0.15) is 0 Å². The van der Waals surface area contributed by atoms with E-state index in [1.54, 1.807) is 11.3 Å². The summed E-state index contributed by atoms with van der Waals surface area (Å²) >= 11 is 1.78. The van der Waals surface area contributed by atoms with Crippen LogP contribution in [0.2, 0.25) is 0 Å². The Balaban J connectivity index is 1.85. The number of aryl methyl sites for hydroxylation is 2. The van der Waals surface area contributed by atoms with Gasteiger partial charge in [0.05, 0.1) is 10.7 Å². The van der Waals surface area contributed by atoms with Crippen LogP contribution in [0.5, 0.6) is 0 Å². The first kappa shape index (κ1) is 16.5. The number of thiazole rings is 1. The summed E-state index contributed by atoms with van der Waals surface area (Å²) in [6.07, 6.45) is 0.982. The summed E-state index contributed by atoms with van der Waals surface area (Å²) in [5.74, 6) is 0.919. The van der Waals surface area contributed by atoms with Gasteiger partial charge in [0, 0.05) is 38.5 Å². The molecule has 2 aromatic rings. The van der Waals surface area contributed by atoms with E-state index in [1.807, 2.05) is 13.1 Å². The molecule has 5 heteroatoms. The molecular weight excluding hydrogens is 292 g/mol. The molecule has 0 aliphatic carbocycles. The molecule has 0 bridgehead atoms. The summed E-state index contributed by atoms with van der Waals surface area (Å²) in [5, 5.41) is 4.57. The number of hydrogen-bond donors (Lipinski definition) is 1. The Morgan fingerprint density at radius 3 is 2.59 bits per heavy atom. The van der Waals surface area contributed by atoms with Crippen LogP contribution < -0.4 is 5.32 Å². The van der Waals surface area contributed by atoms with E-state index < -0.39 is 0 Å². The van der Waals surface area contributed by atoms with Crippen molar-refractivity contribution in [3.8, 4) is 0 Å². The highest BCUT2D eigenvalue weighted by Crippen LogP contribution is 2.17. The number of hydrogen-bond acceptors (Lipinski definition) is 3. The van der Waals surface area contributed by atoms with Crippen molar-refractivity contribution in [2.45, 2.75) is 26.8 Å². The molecule has 0 fully saturated rings. The van der Waals surface area contributed by atoms with Crippen molar-refractivity contribution in [1.29, 1.82) is 0 Å². The lowest BCUT2D eigenvalue weighted by Crippen LogP contribution is -2.39. The summed E-state index contributed by atoms with van der Waals surface area (Å²) in [4.78, 5) is 12.3. The van der Waals surface area contributed by atoms with E-state index in [2.05, 4.69) is 65.4 Å². The Morgan fingerprint density at radius 2 is 2.00 bits per heavy atom. The minimum atomic E-state index is 0.846. The molecule has 0 unspecified atom stereocenters. The molecule has 0 spiro atoms. The van der Waals surface area contributed by atoms with Crippen LogP contribution in [-0.2, 0) is 13.0 Å². The van der Waals surface area contributed by atoms with Gasteiger partial charge in [0.2, 0.25) is 0 Å². The summed E-state index contributed by atoms with van der Waals surface area (Å²) < 4.78 is 0. The van der Waals surface area contributed by atoms with Crippen molar-refractivity contribution >= 4 is 17.3 Å². The maximum Gasteiger partial charge on any atom is 0.193 e. The summed E-state index contributed by atoms with van der Waals surface area (Å²) in [7, 11) is 3.89. The highest BCUT2D eigenvalue weighted by atomic mass is 32.1. The number of aliphatic imine (C=N–C) groups is 1. The second kappa shape index (κ2) is 7.94. The monoisotopic (exact) mass is 316 g/mol. The molecule has 0 atom stereocenters. The van der Waals surface area contributed by atoms with Crippen molar-refractivity contribution in [2.75, 3.05) is 20.6 Å². The van der Waals surface area contributed by atoms with Gasteiger partial charge in [-0.3, -0.25) is 4.99 Å². The van der Waals surface area contributed by atoms with E-state index in [0.29, 0.717) is 0 Å². The second-order valence-corrected chi connectivity index (χ2v) is 6.59. The molecule has 0 saturated carbocycles. The number of nitrogens with one attached hydrogen (secondary N) is 1. The van der Waals surface area contributed by atoms with E-state index in [1.165, 1.54) is 10.4 Å². The zero-order chi connectivity index (χ0) is 15.9. The van der Waals surface area contributed by atoms with Gasteiger partial charge in [-0.25, -0.2) is 4.98 Å². The molecule has 0 saturated heterocycles. The molecule has 1 aromatic carbocycles. The van der Waals surface area contributed by atoms with Crippen LogP contribution in [0.4, 0.5) is 0 Å². The van der Waals surface area contributed by atoms with Gasteiger partial charge in [0.15, 0.2) is 5.96 Å². The fraction of sp³-hybridized carbons (Fsp3) is 0.412. The Bertz CT molecular complexity index is 619. The third kappa shape index (κ3) is 4.56. The summed E-state index contributed by atoms with van der Waals surface area (Å²) in [6.45, 7) is 5.85. The number of benzene rings is 1. The maximum atomic E-state index is 4.47. The highest BCUT2D eigenvalue weighted by molar-refractivity contribution is 7.11. The van der Waals surface area contributed by atoms with Gasteiger partial charge in [0.1, 0.15) is 0 Å². The Kier molecular flexibility index (Phi) is 5.95. The lowest BCUT2D eigenvalue weighted by molar-refractivity contribution is 0.477. The largest absolute Gasteiger partial charge is 0.356 e. The standard InChI is InChI=1S/C17H24N4S/c1-13-16(22-14(2)20-13)10-11-19-17(18-3)21(4)12-15-8-6-5-7-9-15/h5-9H,10-12H2,1-4H3,(H,18,19). The van der Waals surface area contributed by atoms with Crippen LogP contribution >= 0.6 is 11.3 Å². The topological polar surface area (TPSA) is 40.5 Å². The van der Waals surface area contributed by atoms with Gasteiger partial charge in [-0.15, -0.1) is 11.3 Å². The van der Waals surface area contributed by atoms with Crippen LogP contribution in [0, 0.1) is 13.8 Å². The SMILES string of the molecule is CN=C(NCCc1sc(C)nc1C)N(C)Cc1ccccc1. The molecule has 0 radical (unpaired) electrons. The fourth-order valence-corrected chi connectivity index (χ4v) is 3.35. The third-order valence-corrected chi connectivity index (χ3v) is 4.60. The van der Waals surface area contributed by atoms with Gasteiger partial charge in [-0.05, 0) is 19.4 Å². The van der Waals surface area contributed by atoms with E-state index in [4.69, 9.17) is 0 Å². The van der Waals surface area contributed by atoms with Crippen molar-refractivity contribution < 1.29 is 0 Å². The zero-order valence-electron chi connectivity index (χ0n) is 13.8. The molecular formula is C17H24N4S. The first-order chi connectivity index (χ1) is 10.6. The predicted molar refractivity (Wildman–Crippen MR) is 94.6 cm³/mol. The molecule has 0 aliphatic rings. The Hall–Kier alpha value is -1.88. The first-order valence-electron chi connectivity index (χ1n) is 7.48. The van der Waals surface area contributed by atoms with Crippen molar-refractivity contribution in [3.63, 3.8) is 0 Å². The highest BCUT2D eigenvalue weighted by Gasteiger charge is 2.08. The van der Waals surface area contributed by atoms with Crippen LogP contribution in [0.1, 0.15) is 21.1 Å². The van der Waals surface area contributed by atoms with E-state index >= 15 is 0 Å². The van der Waals surface area contributed by atoms with Crippen molar-refractivity contribution in [1.82, 2.24) is 15.2 Å². The van der Waals surface area contributed by atoms with Crippen LogP contribution in [0.3, 0.4) is 0 Å². The smallest absolute Gasteiger partial charge is 0.193 e. The normalized spacial score (nSPS) is 11.5. The Labute approximate surface area is 136 Å². The lowest BCUT2D eigenvalue weighted by Gasteiger charge is -2.22. The zero-order valence-corrected chi connectivity index (χ0v) is 14.6. The van der Waals surface area contributed by atoms with E-state index in [9.17, 15) is 0 Å². The molecule has 4 nitrogen and oxygen atoms in total. The minimum absolute atomic E-state index is 0.846. The summed E-state index contributed by atoms with van der Waals surface area (Å²) in [5.41, 5.74) is 2.43. The van der Waals surface area contributed by atoms with Crippen molar-refractivity contribution in [3.05, 3.63) is 51.5 Å². The molecule has 1 aromatic heterocycles. The van der Waals surface area contributed by atoms with Crippen LogP contribution in [0.25, 0.3) is 0 Å². The fourth-order valence-electron chi connectivity index (χ4n) is 2.41. The molecule has 2 rings (SSSR count). The third-order valence-electron chi connectivity index (χ3n) is 3.47. The van der Waals surface area contributed by atoms with E-state index in [-0.39, 0.29) is 0 Å². The average Bonchev–Trinajstić information content (AvgIpc) is 2.82. The maximum absolute atomic E-state index is 4.47. The Morgan fingerprint density at radius 1 is 1.27 bits per heavy atom. The molecule has 0 amide bonds. The van der Waals surface area contributed by atoms with Gasteiger partial charge >= 0.3 is 0 Å². The number of nitrogens with zero attached hydrogens (tertiary/aromatic N) is 3. The molecule has 0 aliphatic heterocycles. The second-order valence-electron chi connectivity index (χ2n) is 5.31. The van der Waals surface area contributed by atoms with E-state index in [0.717, 1.165) is 36.2 Å². The quantitative estimate of drug-likeness (QED) is 0.681. The number of rotatable bonds is 5. The van der Waals surface area contributed by atoms with Gasteiger partial charge in [0.25, 0.3) is 0 Å². The number of guanidine groups is 1. The average molecular weight is 316 g/mol. The first-order valence-corrected chi connectivity index (χ1v) is 8.30. The lowest BCUT2D eigenvalue weighted by atomic mass is 10.2. The molecule has 118 valence electrons. The minimum Gasteiger partial charge on any atom is -0.356 e. The van der Waals surface area contributed by atoms with Crippen LogP contribution in [-0.4, -0.2) is 36.5 Å². The van der Waals surface area contributed by atoms with Crippen molar-refractivity contribution in [2.24, 2.45) is 4.99 Å². The molecule has 22 heavy (non-hydrogen) atoms. The summed E-state index contributed by atoms with van der Waals surface area (Å²) in [6, 6.07) is 10.4. The predicted octanol–water partition coefficient (Wildman–Crippen LogP) is 3.01. The van der Waals surface area contributed by atoms with Gasteiger partial charge < -0.3 is 10.2 Å².